The molecule has 1 amide bonds. The van der Waals surface area contributed by atoms with Crippen LogP contribution < -0.4 is 4.74 Å². The van der Waals surface area contributed by atoms with Crippen molar-refractivity contribution in [2.24, 2.45) is 5.92 Å². The van der Waals surface area contributed by atoms with E-state index >= 15 is 0 Å². The summed E-state index contributed by atoms with van der Waals surface area (Å²) in [5.41, 5.74) is 2.60. The number of rotatable bonds is 7. The first-order valence-electron chi connectivity index (χ1n) is 11.9. The minimum atomic E-state index is 0.201. The molecular formula is C25H31N5O2. The molecule has 1 aromatic carbocycles. The summed E-state index contributed by atoms with van der Waals surface area (Å²) in [4.78, 5) is 24.1. The van der Waals surface area contributed by atoms with Crippen LogP contribution in [-0.2, 0) is 11.3 Å². The number of aromatic nitrogens is 4. The first-order valence-corrected chi connectivity index (χ1v) is 11.9. The van der Waals surface area contributed by atoms with Gasteiger partial charge < -0.3 is 9.64 Å². The standard InChI is InChI=1S/C25H31N5O2/c31-22(17-19-7-4-5-8-19)29-14-6-9-20(18-29)23-24-25(27-13-12-26-24)30(28-23)15-16-32-21-10-2-1-3-11-21/h1-3,10-13,19-20H,4-9,14-18H2/t20-/m0/s1. The predicted molar refractivity (Wildman–Crippen MR) is 122 cm³/mol. The lowest BCUT2D eigenvalue weighted by atomic mass is 9.93. The smallest absolute Gasteiger partial charge is 0.222 e. The molecule has 5 rings (SSSR count). The Morgan fingerprint density at radius 1 is 1.03 bits per heavy atom. The van der Waals surface area contributed by atoms with Gasteiger partial charge in [0, 0.05) is 37.8 Å². The van der Waals surface area contributed by atoms with Gasteiger partial charge in [-0.3, -0.25) is 4.79 Å². The van der Waals surface area contributed by atoms with E-state index in [-0.39, 0.29) is 5.92 Å². The minimum Gasteiger partial charge on any atom is -0.492 e. The van der Waals surface area contributed by atoms with E-state index in [4.69, 9.17) is 9.84 Å². The van der Waals surface area contributed by atoms with E-state index in [1.54, 1.807) is 12.4 Å². The predicted octanol–water partition coefficient (Wildman–Crippen LogP) is 4.19. The summed E-state index contributed by atoms with van der Waals surface area (Å²) in [5.74, 6) is 1.94. The minimum absolute atomic E-state index is 0.201. The Labute approximate surface area is 188 Å². The number of benzene rings is 1. The zero-order valence-corrected chi connectivity index (χ0v) is 18.5. The van der Waals surface area contributed by atoms with Crippen molar-refractivity contribution >= 4 is 17.1 Å². The van der Waals surface area contributed by atoms with E-state index in [0.29, 0.717) is 31.4 Å². The molecule has 1 saturated heterocycles. The molecule has 1 aliphatic carbocycles. The average molecular weight is 434 g/mol. The fraction of sp³-hybridized carbons (Fsp3) is 0.520. The SMILES string of the molecule is O=C(CC1CCCC1)N1CCC[C@H](c2nn(CCOc3ccccc3)c3nccnc23)C1. The molecule has 168 valence electrons. The number of ether oxygens (including phenoxy) is 1. The van der Waals surface area contributed by atoms with Crippen molar-refractivity contribution in [3.8, 4) is 5.75 Å². The molecule has 0 bridgehead atoms. The highest BCUT2D eigenvalue weighted by Crippen LogP contribution is 2.32. The Hall–Kier alpha value is -2.96. The van der Waals surface area contributed by atoms with Crippen LogP contribution in [0.5, 0.6) is 5.75 Å². The second-order valence-electron chi connectivity index (χ2n) is 9.03. The number of carbonyl (C=O) groups excluding carboxylic acids is 1. The normalized spacial score (nSPS) is 19.5. The first-order chi connectivity index (χ1) is 15.8. The largest absolute Gasteiger partial charge is 0.492 e. The maximum atomic E-state index is 12.9. The van der Waals surface area contributed by atoms with E-state index in [0.717, 1.165) is 48.5 Å². The molecule has 3 heterocycles. The molecule has 2 aromatic heterocycles. The summed E-state index contributed by atoms with van der Waals surface area (Å²) < 4.78 is 7.77. The van der Waals surface area contributed by atoms with Gasteiger partial charge in [-0.15, -0.1) is 0 Å². The molecule has 0 unspecified atom stereocenters. The van der Waals surface area contributed by atoms with Crippen LogP contribution in [-0.4, -0.2) is 50.3 Å². The van der Waals surface area contributed by atoms with Crippen LogP contribution in [0.1, 0.15) is 56.6 Å². The molecule has 32 heavy (non-hydrogen) atoms. The topological polar surface area (TPSA) is 73.1 Å². The third-order valence-corrected chi connectivity index (χ3v) is 6.81. The van der Waals surface area contributed by atoms with Gasteiger partial charge in [-0.25, -0.2) is 14.6 Å². The monoisotopic (exact) mass is 433 g/mol. The molecule has 2 aliphatic rings. The van der Waals surface area contributed by atoms with Crippen LogP contribution in [0, 0.1) is 5.92 Å². The number of hydrogen-bond donors (Lipinski definition) is 0. The molecule has 3 aromatic rings. The molecule has 7 heteroatoms. The molecular weight excluding hydrogens is 402 g/mol. The number of carbonyl (C=O) groups is 1. The molecule has 7 nitrogen and oxygen atoms in total. The quantitative estimate of drug-likeness (QED) is 0.559. The lowest BCUT2D eigenvalue weighted by Gasteiger charge is -2.32. The summed E-state index contributed by atoms with van der Waals surface area (Å²) in [5, 5.41) is 4.91. The summed E-state index contributed by atoms with van der Waals surface area (Å²) in [6, 6.07) is 9.80. The number of amides is 1. The van der Waals surface area contributed by atoms with E-state index < -0.39 is 0 Å². The highest BCUT2D eigenvalue weighted by molar-refractivity contribution is 5.77. The van der Waals surface area contributed by atoms with Gasteiger partial charge in [0.05, 0.1) is 12.2 Å². The number of hydrogen-bond acceptors (Lipinski definition) is 5. The number of fused-ring (bicyclic) bond motifs is 1. The molecule has 1 saturated carbocycles. The number of nitrogens with zero attached hydrogens (tertiary/aromatic N) is 5. The molecule has 0 radical (unpaired) electrons. The lowest BCUT2D eigenvalue weighted by Crippen LogP contribution is -2.39. The number of para-hydroxylation sites is 1. The second kappa shape index (κ2) is 9.67. The Morgan fingerprint density at radius 2 is 1.84 bits per heavy atom. The van der Waals surface area contributed by atoms with Gasteiger partial charge in [0.25, 0.3) is 0 Å². The van der Waals surface area contributed by atoms with Crippen LogP contribution in [0.2, 0.25) is 0 Å². The van der Waals surface area contributed by atoms with E-state index in [2.05, 4.69) is 14.9 Å². The van der Waals surface area contributed by atoms with Crippen LogP contribution in [0.15, 0.2) is 42.7 Å². The van der Waals surface area contributed by atoms with Gasteiger partial charge >= 0.3 is 0 Å². The summed E-state index contributed by atoms with van der Waals surface area (Å²) >= 11 is 0. The molecule has 1 atom stereocenters. The van der Waals surface area contributed by atoms with Crippen LogP contribution in [0.25, 0.3) is 11.2 Å². The van der Waals surface area contributed by atoms with Gasteiger partial charge in [0.2, 0.25) is 5.91 Å². The van der Waals surface area contributed by atoms with Gasteiger partial charge in [-0.05, 0) is 43.7 Å². The van der Waals surface area contributed by atoms with Crippen molar-refractivity contribution in [3.63, 3.8) is 0 Å². The number of likely N-dealkylation sites (tertiary alicyclic amines) is 1. The number of piperidine rings is 1. The highest BCUT2D eigenvalue weighted by atomic mass is 16.5. The van der Waals surface area contributed by atoms with Gasteiger partial charge in [-0.2, -0.15) is 5.10 Å². The third-order valence-electron chi connectivity index (χ3n) is 6.81. The maximum absolute atomic E-state index is 12.9. The van der Waals surface area contributed by atoms with Gasteiger partial charge in [-0.1, -0.05) is 31.0 Å². The Bertz CT molecular complexity index is 1040. The van der Waals surface area contributed by atoms with Crippen molar-refractivity contribution in [1.29, 1.82) is 0 Å². The van der Waals surface area contributed by atoms with Gasteiger partial charge in [0.15, 0.2) is 5.65 Å². The fourth-order valence-corrected chi connectivity index (χ4v) is 5.14. The molecule has 0 spiro atoms. The zero-order chi connectivity index (χ0) is 21.8. The fourth-order valence-electron chi connectivity index (χ4n) is 5.14. The van der Waals surface area contributed by atoms with Crippen LogP contribution in [0.3, 0.4) is 0 Å². The van der Waals surface area contributed by atoms with Crippen molar-refractivity contribution in [2.75, 3.05) is 19.7 Å². The van der Waals surface area contributed by atoms with E-state index in [1.165, 1.54) is 25.7 Å². The maximum Gasteiger partial charge on any atom is 0.222 e. The summed E-state index contributed by atoms with van der Waals surface area (Å²) in [7, 11) is 0. The third kappa shape index (κ3) is 4.61. The van der Waals surface area contributed by atoms with Crippen molar-refractivity contribution in [2.45, 2.75) is 57.4 Å². The van der Waals surface area contributed by atoms with E-state index in [9.17, 15) is 4.79 Å². The van der Waals surface area contributed by atoms with Crippen LogP contribution >= 0.6 is 0 Å². The first kappa shape index (κ1) is 20.9. The lowest BCUT2D eigenvalue weighted by molar-refractivity contribution is -0.133. The Morgan fingerprint density at radius 3 is 2.69 bits per heavy atom. The Balaban J connectivity index is 1.29. The molecule has 1 aliphatic heterocycles. The van der Waals surface area contributed by atoms with Crippen LogP contribution in [0.4, 0.5) is 0 Å². The van der Waals surface area contributed by atoms with Crippen molar-refractivity contribution in [3.05, 3.63) is 48.4 Å². The summed E-state index contributed by atoms with van der Waals surface area (Å²) in [6.07, 6.45) is 11.1. The Kier molecular flexibility index (Phi) is 6.32. The summed E-state index contributed by atoms with van der Waals surface area (Å²) in [6.45, 7) is 2.70. The average Bonchev–Trinajstić information content (AvgIpc) is 3.48. The van der Waals surface area contributed by atoms with Crippen molar-refractivity contribution < 1.29 is 9.53 Å². The second-order valence-corrected chi connectivity index (χ2v) is 9.03. The zero-order valence-electron chi connectivity index (χ0n) is 18.5. The molecule has 2 fully saturated rings. The van der Waals surface area contributed by atoms with Crippen molar-refractivity contribution in [1.82, 2.24) is 24.6 Å². The molecule has 0 N–H and O–H groups in total. The van der Waals surface area contributed by atoms with Gasteiger partial charge in [0.1, 0.15) is 17.9 Å². The highest BCUT2D eigenvalue weighted by Gasteiger charge is 2.30. The van der Waals surface area contributed by atoms with E-state index in [1.807, 2.05) is 35.0 Å².